The van der Waals surface area contributed by atoms with Crippen molar-refractivity contribution in [3.8, 4) is 5.75 Å². The van der Waals surface area contributed by atoms with Gasteiger partial charge in [0.15, 0.2) is 0 Å². The summed E-state index contributed by atoms with van der Waals surface area (Å²) < 4.78 is 6.48. The minimum atomic E-state index is 0.0932. The lowest BCUT2D eigenvalue weighted by atomic mass is 9.75. The van der Waals surface area contributed by atoms with Crippen molar-refractivity contribution in [1.29, 1.82) is 0 Å². The van der Waals surface area contributed by atoms with Crippen LogP contribution in [0.1, 0.15) is 52.7 Å². The van der Waals surface area contributed by atoms with E-state index in [1.807, 2.05) is 6.07 Å². The van der Waals surface area contributed by atoms with Gasteiger partial charge in [-0.2, -0.15) is 0 Å². The predicted octanol–water partition coefficient (Wildman–Crippen LogP) is 5.05. The number of rotatable bonds is 1. The largest absolute Gasteiger partial charge is 0.496 e. The molecule has 17 heavy (non-hydrogen) atoms. The Hall–Kier alpha value is -0.500. The first kappa shape index (κ1) is 14.6. The Morgan fingerprint density at radius 1 is 0.941 bits per heavy atom. The molecule has 2 heteroatoms. The monoisotopic (exact) mass is 298 g/mol. The second-order valence-electron chi connectivity index (χ2n) is 6.50. The van der Waals surface area contributed by atoms with Crippen LogP contribution in [0.3, 0.4) is 0 Å². The Kier molecular flexibility index (Phi) is 3.97. The van der Waals surface area contributed by atoms with Crippen molar-refractivity contribution in [3.05, 3.63) is 27.7 Å². The molecule has 0 amide bonds. The van der Waals surface area contributed by atoms with E-state index in [1.165, 1.54) is 11.1 Å². The normalized spacial score (nSPS) is 12.7. The van der Waals surface area contributed by atoms with Gasteiger partial charge in [-0.1, -0.05) is 47.6 Å². The third-order valence-corrected chi connectivity index (χ3v) is 3.67. The van der Waals surface area contributed by atoms with Gasteiger partial charge >= 0.3 is 0 Å². The molecule has 1 aromatic rings. The number of halogens is 1. The number of hydrogen-bond donors (Lipinski definition) is 0. The van der Waals surface area contributed by atoms with Gasteiger partial charge in [-0.05, 0) is 44.0 Å². The molecule has 1 nitrogen and oxygen atoms in total. The third-order valence-electron chi connectivity index (χ3n) is 2.88. The molecule has 0 aliphatic heterocycles. The molecular weight excluding hydrogens is 276 g/mol. The third kappa shape index (κ3) is 3.04. The number of ether oxygens (including phenoxy) is 1. The highest BCUT2D eigenvalue weighted by atomic mass is 79.9. The minimum Gasteiger partial charge on any atom is -0.496 e. The minimum absolute atomic E-state index is 0.0932. The molecule has 0 bridgehead atoms. The highest BCUT2D eigenvalue weighted by molar-refractivity contribution is 9.10. The standard InChI is InChI=1S/C15H23BrO/c1-14(2,3)10-8-9-11(17-7)13(16)12(10)15(4,5)6/h8-9H,1-7H3. The summed E-state index contributed by atoms with van der Waals surface area (Å²) in [6, 6.07) is 4.23. The molecule has 0 heterocycles. The molecule has 0 spiro atoms. The van der Waals surface area contributed by atoms with Crippen LogP contribution in [0.2, 0.25) is 0 Å². The van der Waals surface area contributed by atoms with E-state index in [1.54, 1.807) is 7.11 Å². The first-order valence-corrected chi connectivity index (χ1v) is 6.76. The predicted molar refractivity (Wildman–Crippen MR) is 78.1 cm³/mol. The van der Waals surface area contributed by atoms with Gasteiger partial charge in [-0.15, -0.1) is 0 Å². The topological polar surface area (TPSA) is 9.23 Å². The highest BCUT2D eigenvalue weighted by Gasteiger charge is 2.28. The lowest BCUT2D eigenvalue weighted by molar-refractivity contribution is 0.407. The molecule has 0 fully saturated rings. The second kappa shape index (κ2) is 4.64. The van der Waals surface area contributed by atoms with E-state index in [-0.39, 0.29) is 10.8 Å². The molecule has 0 radical (unpaired) electrons. The SMILES string of the molecule is COc1ccc(C(C)(C)C)c(C(C)(C)C)c1Br. The summed E-state index contributed by atoms with van der Waals surface area (Å²) in [5, 5.41) is 0. The lowest BCUT2D eigenvalue weighted by Gasteiger charge is -2.31. The Labute approximate surface area is 114 Å². The van der Waals surface area contributed by atoms with Gasteiger partial charge in [0.05, 0.1) is 11.6 Å². The average molecular weight is 299 g/mol. The summed E-state index contributed by atoms with van der Waals surface area (Å²) in [5.74, 6) is 0.905. The van der Waals surface area contributed by atoms with Crippen molar-refractivity contribution in [2.75, 3.05) is 7.11 Å². The van der Waals surface area contributed by atoms with E-state index < -0.39 is 0 Å². The quantitative estimate of drug-likeness (QED) is 0.705. The van der Waals surface area contributed by atoms with Crippen molar-refractivity contribution in [3.63, 3.8) is 0 Å². The molecule has 0 aliphatic carbocycles. The Morgan fingerprint density at radius 3 is 1.82 bits per heavy atom. The fourth-order valence-electron chi connectivity index (χ4n) is 2.07. The van der Waals surface area contributed by atoms with Crippen molar-refractivity contribution in [1.82, 2.24) is 0 Å². The molecule has 0 aromatic heterocycles. The second-order valence-corrected chi connectivity index (χ2v) is 7.30. The van der Waals surface area contributed by atoms with Crippen LogP contribution in [0, 0.1) is 0 Å². The number of hydrogen-bond acceptors (Lipinski definition) is 1. The van der Waals surface area contributed by atoms with E-state index >= 15 is 0 Å². The van der Waals surface area contributed by atoms with Crippen molar-refractivity contribution < 1.29 is 4.74 Å². The Bertz CT molecular complexity index is 408. The summed E-state index contributed by atoms with van der Waals surface area (Å²) >= 11 is 3.70. The van der Waals surface area contributed by atoms with Crippen LogP contribution in [-0.2, 0) is 10.8 Å². The lowest BCUT2D eigenvalue weighted by Crippen LogP contribution is -2.22. The molecule has 0 unspecified atom stereocenters. The summed E-state index contributed by atoms with van der Waals surface area (Å²) in [5.41, 5.74) is 2.94. The van der Waals surface area contributed by atoms with Crippen molar-refractivity contribution >= 4 is 15.9 Å². The van der Waals surface area contributed by atoms with E-state index in [4.69, 9.17) is 4.74 Å². The van der Waals surface area contributed by atoms with Crippen LogP contribution in [-0.4, -0.2) is 7.11 Å². The number of benzene rings is 1. The van der Waals surface area contributed by atoms with Crippen LogP contribution in [0.5, 0.6) is 5.75 Å². The van der Waals surface area contributed by atoms with Crippen LogP contribution >= 0.6 is 15.9 Å². The van der Waals surface area contributed by atoms with Gasteiger partial charge in [0.2, 0.25) is 0 Å². The fourth-order valence-corrected chi connectivity index (χ4v) is 3.18. The van der Waals surface area contributed by atoms with Crippen molar-refractivity contribution in [2.24, 2.45) is 0 Å². The van der Waals surface area contributed by atoms with E-state index in [2.05, 4.69) is 63.5 Å². The van der Waals surface area contributed by atoms with E-state index in [0.29, 0.717) is 0 Å². The van der Waals surface area contributed by atoms with Crippen LogP contribution in [0.15, 0.2) is 16.6 Å². The summed E-state index contributed by atoms with van der Waals surface area (Å²) in [4.78, 5) is 0. The van der Waals surface area contributed by atoms with Crippen molar-refractivity contribution in [2.45, 2.75) is 52.4 Å². The summed E-state index contributed by atoms with van der Waals surface area (Å²) in [6.45, 7) is 13.5. The molecule has 0 saturated heterocycles. The molecule has 0 aliphatic rings. The zero-order valence-corrected chi connectivity index (χ0v) is 13.5. The molecule has 1 rings (SSSR count). The Balaban J connectivity index is 3.59. The van der Waals surface area contributed by atoms with Gasteiger partial charge in [-0.3, -0.25) is 0 Å². The van der Waals surface area contributed by atoms with Gasteiger partial charge in [-0.25, -0.2) is 0 Å². The van der Waals surface area contributed by atoms with Crippen LogP contribution < -0.4 is 4.74 Å². The van der Waals surface area contributed by atoms with Crippen LogP contribution in [0.25, 0.3) is 0 Å². The van der Waals surface area contributed by atoms with Gasteiger partial charge in [0.1, 0.15) is 5.75 Å². The van der Waals surface area contributed by atoms with Crippen LogP contribution in [0.4, 0.5) is 0 Å². The highest BCUT2D eigenvalue weighted by Crippen LogP contribution is 2.42. The maximum Gasteiger partial charge on any atom is 0.133 e. The first-order chi connectivity index (χ1) is 7.59. The molecule has 1 aromatic carbocycles. The zero-order chi connectivity index (χ0) is 13.4. The maximum absolute atomic E-state index is 5.40. The first-order valence-electron chi connectivity index (χ1n) is 5.96. The zero-order valence-electron chi connectivity index (χ0n) is 11.9. The number of methoxy groups -OCH3 is 1. The molecule has 0 atom stereocenters. The van der Waals surface area contributed by atoms with Gasteiger partial charge in [0, 0.05) is 0 Å². The fraction of sp³-hybridized carbons (Fsp3) is 0.600. The maximum atomic E-state index is 5.40. The molecular formula is C15H23BrO. The molecule has 0 N–H and O–H groups in total. The average Bonchev–Trinajstić information content (AvgIpc) is 2.13. The Morgan fingerprint density at radius 2 is 1.47 bits per heavy atom. The summed E-state index contributed by atoms with van der Waals surface area (Å²) in [7, 11) is 1.71. The molecule has 96 valence electrons. The van der Waals surface area contributed by atoms with Gasteiger partial charge < -0.3 is 4.74 Å². The van der Waals surface area contributed by atoms with E-state index in [0.717, 1.165) is 10.2 Å². The van der Waals surface area contributed by atoms with E-state index in [9.17, 15) is 0 Å². The summed E-state index contributed by atoms with van der Waals surface area (Å²) in [6.07, 6.45) is 0. The van der Waals surface area contributed by atoms with Gasteiger partial charge in [0.25, 0.3) is 0 Å². The smallest absolute Gasteiger partial charge is 0.133 e. The molecule has 0 saturated carbocycles.